The van der Waals surface area contributed by atoms with Crippen LogP contribution in [0.25, 0.3) is 0 Å². The van der Waals surface area contributed by atoms with Gasteiger partial charge in [-0.1, -0.05) is 35.0 Å². The fourth-order valence-electron chi connectivity index (χ4n) is 1.36. The van der Waals surface area contributed by atoms with Crippen LogP contribution in [0, 0.1) is 0 Å². The van der Waals surface area contributed by atoms with Gasteiger partial charge >= 0.3 is 5.97 Å². The maximum absolute atomic E-state index is 11.6. The Labute approximate surface area is 108 Å². The molecule has 3 heteroatoms. The van der Waals surface area contributed by atoms with E-state index in [2.05, 4.69) is 25.1 Å². The maximum Gasteiger partial charge on any atom is 0.365 e. The lowest BCUT2D eigenvalue weighted by Gasteiger charge is -2.00. The molecule has 0 aliphatic carbocycles. The van der Waals surface area contributed by atoms with Gasteiger partial charge in [0.1, 0.15) is 0 Å². The third-order valence-electron chi connectivity index (χ3n) is 2.35. The molecule has 0 saturated carbocycles. The average molecular weight is 245 g/mol. The summed E-state index contributed by atoms with van der Waals surface area (Å²) >= 11 is 0. The number of benzene rings is 1. The van der Waals surface area contributed by atoms with Crippen molar-refractivity contribution in [1.82, 2.24) is 0 Å². The summed E-state index contributed by atoms with van der Waals surface area (Å²) in [5.41, 5.74) is 2.61. The van der Waals surface area contributed by atoms with E-state index in [1.165, 1.54) is 5.57 Å². The molecule has 0 N–H and O–H groups in total. The summed E-state index contributed by atoms with van der Waals surface area (Å²) < 4.78 is 0. The third kappa shape index (κ3) is 5.43. The molecule has 96 valence electrons. The van der Waals surface area contributed by atoms with Gasteiger partial charge in [-0.25, -0.2) is 4.79 Å². The van der Waals surface area contributed by atoms with Crippen LogP contribution in [0.1, 0.15) is 44.0 Å². The van der Waals surface area contributed by atoms with Crippen molar-refractivity contribution in [3.63, 3.8) is 0 Å². The van der Waals surface area contributed by atoms with Gasteiger partial charge in [-0.05, 0) is 45.7 Å². The molecule has 0 fully saturated rings. The molecule has 1 aromatic carbocycles. The van der Waals surface area contributed by atoms with Gasteiger partial charge < -0.3 is 4.84 Å². The minimum atomic E-state index is -0.419. The van der Waals surface area contributed by atoms with Gasteiger partial charge in [0.25, 0.3) is 0 Å². The first-order valence-corrected chi connectivity index (χ1v) is 6.03. The topological polar surface area (TPSA) is 38.7 Å². The molecule has 0 heterocycles. The fraction of sp³-hybridized carbons (Fsp3) is 0.333. The van der Waals surface area contributed by atoms with E-state index < -0.39 is 5.97 Å². The SMILES string of the molecule is CC(C)=CCC/C(C)=N/OC(=O)c1ccccc1. The summed E-state index contributed by atoms with van der Waals surface area (Å²) in [5, 5.41) is 3.84. The summed E-state index contributed by atoms with van der Waals surface area (Å²) in [5.74, 6) is -0.419. The molecule has 0 aliphatic heterocycles. The highest BCUT2D eigenvalue weighted by molar-refractivity contribution is 5.90. The lowest BCUT2D eigenvalue weighted by Crippen LogP contribution is -2.02. The number of carbonyl (C=O) groups is 1. The minimum Gasteiger partial charge on any atom is -0.313 e. The number of allylic oxidation sites excluding steroid dienone is 2. The first-order chi connectivity index (χ1) is 8.59. The van der Waals surface area contributed by atoms with E-state index in [0.29, 0.717) is 5.56 Å². The first kappa shape index (κ1) is 14.2. The van der Waals surface area contributed by atoms with Crippen LogP contribution >= 0.6 is 0 Å². The molecular formula is C15H19NO2. The molecule has 0 unspecified atom stereocenters. The summed E-state index contributed by atoms with van der Waals surface area (Å²) in [6.07, 6.45) is 3.85. The van der Waals surface area contributed by atoms with Gasteiger partial charge in [-0.3, -0.25) is 0 Å². The number of hydrogen-bond donors (Lipinski definition) is 0. The lowest BCUT2D eigenvalue weighted by atomic mass is 10.2. The van der Waals surface area contributed by atoms with Crippen LogP contribution in [0.4, 0.5) is 0 Å². The second-order valence-corrected chi connectivity index (χ2v) is 4.39. The lowest BCUT2D eigenvalue weighted by molar-refractivity contribution is 0.0515. The van der Waals surface area contributed by atoms with Gasteiger partial charge in [0.15, 0.2) is 0 Å². The molecule has 0 atom stereocenters. The third-order valence-corrected chi connectivity index (χ3v) is 2.35. The summed E-state index contributed by atoms with van der Waals surface area (Å²) in [6.45, 7) is 5.97. The molecule has 1 aromatic rings. The second-order valence-electron chi connectivity index (χ2n) is 4.39. The van der Waals surface area contributed by atoms with E-state index in [9.17, 15) is 4.79 Å². The Balaban J connectivity index is 2.44. The Morgan fingerprint density at radius 1 is 1.22 bits per heavy atom. The summed E-state index contributed by atoms with van der Waals surface area (Å²) in [6, 6.07) is 8.85. The van der Waals surface area contributed by atoms with Crippen molar-refractivity contribution in [1.29, 1.82) is 0 Å². The van der Waals surface area contributed by atoms with Crippen molar-refractivity contribution < 1.29 is 9.63 Å². The zero-order valence-electron chi connectivity index (χ0n) is 11.1. The molecule has 0 amide bonds. The van der Waals surface area contributed by atoms with Gasteiger partial charge in [-0.2, -0.15) is 0 Å². The standard InChI is InChI=1S/C15H19NO2/c1-12(2)8-7-9-13(3)16-18-15(17)14-10-5-4-6-11-14/h4-6,8,10-11H,7,9H2,1-3H3/b16-13+. The molecular weight excluding hydrogens is 226 g/mol. The number of rotatable bonds is 5. The van der Waals surface area contributed by atoms with Crippen LogP contribution in [0.2, 0.25) is 0 Å². The molecule has 0 bridgehead atoms. The Hall–Kier alpha value is -1.90. The Morgan fingerprint density at radius 3 is 2.50 bits per heavy atom. The quantitative estimate of drug-likeness (QED) is 0.341. The number of carbonyl (C=O) groups excluding carboxylic acids is 1. The van der Waals surface area contributed by atoms with Gasteiger partial charge in [0.2, 0.25) is 0 Å². The highest BCUT2D eigenvalue weighted by atomic mass is 16.7. The van der Waals surface area contributed by atoms with Crippen LogP contribution < -0.4 is 0 Å². The molecule has 0 spiro atoms. The van der Waals surface area contributed by atoms with E-state index in [4.69, 9.17) is 4.84 Å². The number of oxime groups is 1. The van der Waals surface area contributed by atoms with Crippen molar-refractivity contribution in [2.24, 2.45) is 5.16 Å². The van der Waals surface area contributed by atoms with Crippen LogP contribution in [-0.2, 0) is 4.84 Å². The van der Waals surface area contributed by atoms with Crippen LogP contribution in [0.5, 0.6) is 0 Å². The maximum atomic E-state index is 11.6. The largest absolute Gasteiger partial charge is 0.365 e. The molecule has 0 saturated heterocycles. The normalized spacial score (nSPS) is 10.9. The van der Waals surface area contributed by atoms with E-state index in [-0.39, 0.29) is 0 Å². The molecule has 1 rings (SSSR count). The predicted molar refractivity (Wildman–Crippen MR) is 73.6 cm³/mol. The molecule has 0 radical (unpaired) electrons. The zero-order chi connectivity index (χ0) is 13.4. The summed E-state index contributed by atoms with van der Waals surface area (Å²) in [7, 11) is 0. The summed E-state index contributed by atoms with van der Waals surface area (Å²) in [4.78, 5) is 16.5. The Morgan fingerprint density at radius 2 is 1.89 bits per heavy atom. The van der Waals surface area contributed by atoms with Gasteiger partial charge in [0.05, 0.1) is 11.3 Å². The number of nitrogens with zero attached hydrogens (tertiary/aromatic N) is 1. The second kappa shape index (κ2) is 7.43. The molecule has 18 heavy (non-hydrogen) atoms. The molecule has 0 aromatic heterocycles. The minimum absolute atomic E-state index is 0.419. The van der Waals surface area contributed by atoms with Crippen molar-refractivity contribution in [3.05, 3.63) is 47.5 Å². The van der Waals surface area contributed by atoms with E-state index in [0.717, 1.165) is 18.6 Å². The Bertz CT molecular complexity index is 443. The average Bonchev–Trinajstić information content (AvgIpc) is 2.36. The van der Waals surface area contributed by atoms with Crippen molar-refractivity contribution in [2.75, 3.05) is 0 Å². The zero-order valence-corrected chi connectivity index (χ0v) is 11.1. The monoisotopic (exact) mass is 245 g/mol. The molecule has 3 nitrogen and oxygen atoms in total. The first-order valence-electron chi connectivity index (χ1n) is 6.03. The van der Waals surface area contributed by atoms with E-state index in [1.807, 2.05) is 13.0 Å². The van der Waals surface area contributed by atoms with Crippen molar-refractivity contribution in [3.8, 4) is 0 Å². The number of hydrogen-bond acceptors (Lipinski definition) is 3. The van der Waals surface area contributed by atoms with Crippen molar-refractivity contribution in [2.45, 2.75) is 33.6 Å². The fourth-order valence-corrected chi connectivity index (χ4v) is 1.36. The highest BCUT2D eigenvalue weighted by Crippen LogP contribution is 2.03. The van der Waals surface area contributed by atoms with Crippen LogP contribution in [-0.4, -0.2) is 11.7 Å². The van der Waals surface area contributed by atoms with E-state index in [1.54, 1.807) is 24.3 Å². The van der Waals surface area contributed by atoms with Gasteiger partial charge in [-0.15, -0.1) is 0 Å². The smallest absolute Gasteiger partial charge is 0.313 e. The molecule has 0 aliphatic rings. The van der Waals surface area contributed by atoms with E-state index >= 15 is 0 Å². The predicted octanol–water partition coefficient (Wildman–Crippen LogP) is 3.97. The van der Waals surface area contributed by atoms with Gasteiger partial charge in [0, 0.05) is 0 Å². The Kier molecular flexibility index (Phi) is 5.85. The van der Waals surface area contributed by atoms with Crippen molar-refractivity contribution >= 4 is 11.7 Å². The van der Waals surface area contributed by atoms with Crippen LogP contribution in [0.3, 0.4) is 0 Å². The van der Waals surface area contributed by atoms with Crippen LogP contribution in [0.15, 0.2) is 47.1 Å². The highest BCUT2D eigenvalue weighted by Gasteiger charge is 2.05.